The Hall–Kier alpha value is -1.83. The first-order valence-electron chi connectivity index (χ1n) is 8.12. The molecule has 2 rings (SSSR count). The summed E-state index contributed by atoms with van der Waals surface area (Å²) in [5.41, 5.74) is 1.52. The minimum absolute atomic E-state index is 0.255. The fourth-order valence-corrected chi connectivity index (χ4v) is 3.23. The molecule has 1 amide bonds. The number of aromatic nitrogens is 2. The molecular formula is C16H23N3O4S. The van der Waals surface area contributed by atoms with Crippen LogP contribution in [0.3, 0.4) is 0 Å². The number of nitrogens with zero attached hydrogens (tertiary/aromatic N) is 2. The number of rotatable bonds is 7. The minimum Gasteiger partial charge on any atom is -0.480 e. The molecule has 0 spiro atoms. The number of amides is 1. The summed E-state index contributed by atoms with van der Waals surface area (Å²) >= 11 is 1.52. The van der Waals surface area contributed by atoms with Crippen molar-refractivity contribution in [3.63, 3.8) is 0 Å². The van der Waals surface area contributed by atoms with Crippen LogP contribution in [0.2, 0.25) is 0 Å². The first kappa shape index (κ1) is 18.5. The maximum atomic E-state index is 12.1. The molecule has 1 aliphatic carbocycles. The van der Waals surface area contributed by atoms with E-state index in [9.17, 15) is 14.4 Å². The number of fused-ring (bicyclic) bond motifs is 1. The van der Waals surface area contributed by atoms with E-state index in [1.807, 2.05) is 6.26 Å². The second-order valence-corrected chi connectivity index (χ2v) is 6.90. The number of carboxylic acid groups (broad SMARTS) is 1. The van der Waals surface area contributed by atoms with Gasteiger partial charge in [0, 0.05) is 6.07 Å². The highest BCUT2D eigenvalue weighted by atomic mass is 32.2. The summed E-state index contributed by atoms with van der Waals surface area (Å²) in [5.74, 6) is -0.944. The van der Waals surface area contributed by atoms with E-state index >= 15 is 0 Å². The molecule has 132 valence electrons. The second kappa shape index (κ2) is 8.86. The van der Waals surface area contributed by atoms with Crippen LogP contribution in [-0.4, -0.2) is 44.8 Å². The Labute approximate surface area is 144 Å². The summed E-state index contributed by atoms with van der Waals surface area (Å²) < 4.78 is 1.13. The number of nitrogens with one attached hydrogen (secondary N) is 1. The zero-order chi connectivity index (χ0) is 17.5. The number of aryl methyl sites for hydroxylation is 2. The number of thioether (sulfide) groups is 1. The van der Waals surface area contributed by atoms with Gasteiger partial charge in [0.15, 0.2) is 0 Å². The van der Waals surface area contributed by atoms with E-state index in [1.54, 1.807) is 6.07 Å². The Morgan fingerprint density at radius 1 is 1.38 bits per heavy atom. The lowest BCUT2D eigenvalue weighted by Crippen LogP contribution is -2.44. The van der Waals surface area contributed by atoms with Crippen LogP contribution < -0.4 is 10.9 Å². The molecule has 0 fully saturated rings. The summed E-state index contributed by atoms with van der Waals surface area (Å²) in [6, 6.07) is 0.616. The van der Waals surface area contributed by atoms with Crippen LogP contribution in [0.25, 0.3) is 0 Å². The van der Waals surface area contributed by atoms with Crippen LogP contribution in [-0.2, 0) is 29.0 Å². The van der Waals surface area contributed by atoms with Gasteiger partial charge in [0.1, 0.15) is 12.6 Å². The van der Waals surface area contributed by atoms with Gasteiger partial charge >= 0.3 is 5.97 Å². The largest absolute Gasteiger partial charge is 0.480 e. The predicted octanol–water partition coefficient (Wildman–Crippen LogP) is 0.835. The number of hydrogen-bond donors (Lipinski definition) is 2. The average Bonchev–Trinajstić information content (AvgIpc) is 2.76. The highest BCUT2D eigenvalue weighted by Gasteiger charge is 2.20. The number of carboxylic acids is 1. The molecule has 0 aliphatic heterocycles. The minimum atomic E-state index is -1.07. The molecule has 2 N–H and O–H groups in total. The maximum Gasteiger partial charge on any atom is 0.326 e. The molecular weight excluding hydrogens is 330 g/mol. The first-order valence-corrected chi connectivity index (χ1v) is 9.51. The summed E-state index contributed by atoms with van der Waals surface area (Å²) in [5, 5.41) is 15.9. The standard InChI is InChI=1S/C16H23N3O4S/c1-24-8-7-13(16(22)23)17-14(20)10-19-15(21)9-11-5-3-2-4-6-12(11)18-19/h9,13H,2-8,10H2,1H3,(H,17,20)(H,22,23)/t13-/m1/s1. The van der Waals surface area contributed by atoms with Gasteiger partial charge in [-0.05, 0) is 49.7 Å². The van der Waals surface area contributed by atoms with E-state index in [0.29, 0.717) is 12.2 Å². The van der Waals surface area contributed by atoms with Crippen molar-refractivity contribution in [1.29, 1.82) is 0 Å². The lowest BCUT2D eigenvalue weighted by atomic mass is 10.1. The molecule has 1 aromatic rings. The molecule has 0 unspecified atom stereocenters. The van der Waals surface area contributed by atoms with Crippen molar-refractivity contribution in [3.05, 3.63) is 27.7 Å². The smallest absolute Gasteiger partial charge is 0.326 e. The highest BCUT2D eigenvalue weighted by Crippen LogP contribution is 2.16. The normalized spacial score (nSPS) is 15.2. The molecule has 1 atom stereocenters. The van der Waals surface area contributed by atoms with Crippen molar-refractivity contribution >= 4 is 23.6 Å². The van der Waals surface area contributed by atoms with Crippen molar-refractivity contribution < 1.29 is 14.7 Å². The zero-order valence-corrected chi connectivity index (χ0v) is 14.6. The van der Waals surface area contributed by atoms with E-state index in [0.717, 1.165) is 48.0 Å². The van der Waals surface area contributed by atoms with Gasteiger partial charge in [-0.15, -0.1) is 0 Å². The summed E-state index contributed by atoms with van der Waals surface area (Å²) in [7, 11) is 0. The molecule has 7 nitrogen and oxygen atoms in total. The summed E-state index contributed by atoms with van der Waals surface area (Å²) in [6.45, 7) is -0.255. The Balaban J connectivity index is 2.07. The van der Waals surface area contributed by atoms with Crippen LogP contribution in [0.5, 0.6) is 0 Å². The third kappa shape index (κ3) is 5.09. The summed E-state index contributed by atoms with van der Waals surface area (Å²) in [6.07, 6.45) is 7.06. The Kier molecular flexibility index (Phi) is 6.84. The summed E-state index contributed by atoms with van der Waals surface area (Å²) in [4.78, 5) is 35.4. The van der Waals surface area contributed by atoms with Gasteiger partial charge in [-0.1, -0.05) is 6.42 Å². The van der Waals surface area contributed by atoms with E-state index < -0.39 is 17.9 Å². The van der Waals surface area contributed by atoms with Crippen molar-refractivity contribution in [2.75, 3.05) is 12.0 Å². The fraction of sp³-hybridized carbons (Fsp3) is 0.625. The Morgan fingerprint density at radius 3 is 2.83 bits per heavy atom. The van der Waals surface area contributed by atoms with Crippen LogP contribution in [0, 0.1) is 0 Å². The number of carbonyl (C=O) groups excluding carboxylic acids is 1. The maximum absolute atomic E-state index is 12.1. The average molecular weight is 353 g/mol. The Bertz CT molecular complexity index is 659. The van der Waals surface area contributed by atoms with E-state index in [-0.39, 0.29) is 12.1 Å². The third-order valence-corrected chi connectivity index (χ3v) is 4.71. The van der Waals surface area contributed by atoms with Gasteiger partial charge in [0.2, 0.25) is 5.91 Å². The molecule has 1 heterocycles. The fourth-order valence-electron chi connectivity index (χ4n) is 2.76. The third-order valence-electron chi connectivity index (χ3n) is 4.06. The topological polar surface area (TPSA) is 101 Å². The zero-order valence-electron chi connectivity index (χ0n) is 13.8. The van der Waals surface area contributed by atoms with E-state index in [1.165, 1.54) is 11.8 Å². The molecule has 1 aliphatic rings. The van der Waals surface area contributed by atoms with Crippen molar-refractivity contribution in [2.24, 2.45) is 0 Å². The number of aliphatic carboxylic acids is 1. The monoisotopic (exact) mass is 353 g/mol. The highest BCUT2D eigenvalue weighted by molar-refractivity contribution is 7.98. The molecule has 0 saturated carbocycles. The van der Waals surface area contributed by atoms with Gasteiger partial charge in [0.05, 0.1) is 5.69 Å². The predicted molar refractivity (Wildman–Crippen MR) is 92.3 cm³/mol. The van der Waals surface area contributed by atoms with Gasteiger partial charge in [-0.2, -0.15) is 16.9 Å². The molecule has 0 radical (unpaired) electrons. The molecule has 0 saturated heterocycles. The molecule has 0 bridgehead atoms. The van der Waals surface area contributed by atoms with Crippen LogP contribution in [0.4, 0.5) is 0 Å². The number of hydrogen-bond acceptors (Lipinski definition) is 5. The van der Waals surface area contributed by atoms with E-state index in [2.05, 4.69) is 10.4 Å². The van der Waals surface area contributed by atoms with E-state index in [4.69, 9.17) is 5.11 Å². The SMILES string of the molecule is CSCC[C@@H](NC(=O)Cn1nc2c(cc1=O)CCCCC2)C(=O)O. The van der Waals surface area contributed by atoms with Gasteiger partial charge in [-0.25, -0.2) is 9.48 Å². The molecule has 1 aromatic heterocycles. The quantitative estimate of drug-likeness (QED) is 0.704. The van der Waals surface area contributed by atoms with Crippen molar-refractivity contribution in [1.82, 2.24) is 15.1 Å². The second-order valence-electron chi connectivity index (χ2n) is 5.91. The van der Waals surface area contributed by atoms with Crippen LogP contribution in [0.15, 0.2) is 10.9 Å². The van der Waals surface area contributed by atoms with Crippen molar-refractivity contribution in [3.8, 4) is 0 Å². The Morgan fingerprint density at radius 2 is 2.12 bits per heavy atom. The molecule has 0 aromatic carbocycles. The van der Waals surface area contributed by atoms with Gasteiger partial charge < -0.3 is 10.4 Å². The van der Waals surface area contributed by atoms with Crippen molar-refractivity contribution in [2.45, 2.75) is 51.1 Å². The first-order chi connectivity index (χ1) is 11.5. The lowest BCUT2D eigenvalue weighted by Gasteiger charge is -2.15. The van der Waals surface area contributed by atoms with Gasteiger partial charge in [0.25, 0.3) is 5.56 Å². The van der Waals surface area contributed by atoms with Crippen LogP contribution in [0.1, 0.15) is 36.9 Å². The van der Waals surface area contributed by atoms with Crippen LogP contribution >= 0.6 is 11.8 Å². The van der Waals surface area contributed by atoms with Gasteiger partial charge in [-0.3, -0.25) is 9.59 Å². The molecule has 8 heteroatoms. The lowest BCUT2D eigenvalue weighted by molar-refractivity contribution is -0.142. The molecule has 24 heavy (non-hydrogen) atoms. The number of carbonyl (C=O) groups is 2.